The molecule has 0 aliphatic heterocycles. The van der Waals surface area contributed by atoms with Gasteiger partial charge in [-0.15, -0.1) is 0 Å². The van der Waals surface area contributed by atoms with Crippen molar-refractivity contribution in [3.63, 3.8) is 0 Å². The first kappa shape index (κ1) is 26.3. The van der Waals surface area contributed by atoms with Crippen LogP contribution in [-0.2, 0) is 12.0 Å². The number of hydrogen-bond donors (Lipinski definition) is 2. The number of fused-ring (bicyclic) bond motifs is 1. The summed E-state index contributed by atoms with van der Waals surface area (Å²) in [6.07, 6.45) is 3.25. The van der Waals surface area contributed by atoms with Gasteiger partial charge in [-0.1, -0.05) is 18.2 Å². The topological polar surface area (TPSA) is 111 Å². The number of rotatable bonds is 7. The molecule has 7 nitrogen and oxygen atoms in total. The van der Waals surface area contributed by atoms with Gasteiger partial charge >= 0.3 is 0 Å². The number of carbonyl (C=O) groups is 2. The summed E-state index contributed by atoms with van der Waals surface area (Å²) in [6.45, 7) is 3.68. The fourth-order valence-corrected chi connectivity index (χ4v) is 5.13. The lowest BCUT2D eigenvalue weighted by Crippen LogP contribution is -2.36. The first-order valence-corrected chi connectivity index (χ1v) is 13.2. The average molecular weight is 553 g/mol. The largest absolute Gasteiger partial charge is 0.460 e. The standard InChI is InChI=1S/C32H26F2N4O3/c1-17-3-6-20(30(40)38-32(12-13-32)31-36-14-11-18(2)37-31)16-23(17)22-9-10-24-26(28(22)34)27(29(35)39)25(41-24)15-19-4-7-21(33)8-5-19/h3-11,14,16H,12-13,15H2,1-2H3,(H2,35,39)(H,38,40). The number of aromatic nitrogens is 2. The molecule has 0 spiro atoms. The molecule has 0 radical (unpaired) electrons. The van der Waals surface area contributed by atoms with Crippen molar-refractivity contribution in [1.29, 1.82) is 0 Å². The number of amides is 2. The number of nitrogens with zero attached hydrogens (tertiary/aromatic N) is 2. The van der Waals surface area contributed by atoms with E-state index in [0.29, 0.717) is 22.5 Å². The zero-order valence-electron chi connectivity index (χ0n) is 22.4. The Labute approximate surface area is 234 Å². The van der Waals surface area contributed by atoms with Crippen molar-refractivity contribution in [2.45, 2.75) is 38.6 Å². The first-order valence-electron chi connectivity index (χ1n) is 13.2. The zero-order valence-corrected chi connectivity index (χ0v) is 22.4. The van der Waals surface area contributed by atoms with E-state index >= 15 is 4.39 Å². The van der Waals surface area contributed by atoms with Gasteiger partial charge in [0.1, 0.15) is 28.5 Å². The van der Waals surface area contributed by atoms with E-state index in [4.69, 9.17) is 10.2 Å². The Hall–Kier alpha value is -4.92. The van der Waals surface area contributed by atoms with Gasteiger partial charge in [-0.2, -0.15) is 0 Å². The van der Waals surface area contributed by atoms with Crippen molar-refractivity contribution in [3.8, 4) is 11.1 Å². The monoisotopic (exact) mass is 552 g/mol. The number of furan rings is 1. The van der Waals surface area contributed by atoms with Crippen molar-refractivity contribution in [3.05, 3.63) is 118 Å². The molecule has 6 rings (SSSR count). The number of aryl methyl sites for hydroxylation is 2. The molecule has 0 unspecified atom stereocenters. The number of hydrogen-bond acceptors (Lipinski definition) is 5. The molecular weight excluding hydrogens is 526 g/mol. The van der Waals surface area contributed by atoms with Gasteiger partial charge in [-0.25, -0.2) is 18.7 Å². The Balaban J connectivity index is 1.37. The highest BCUT2D eigenvalue weighted by Gasteiger charge is 2.48. The van der Waals surface area contributed by atoms with E-state index < -0.39 is 23.1 Å². The number of halogens is 2. The van der Waals surface area contributed by atoms with Crippen LogP contribution in [0.2, 0.25) is 0 Å². The number of nitrogens with one attached hydrogen (secondary N) is 1. The molecule has 1 fully saturated rings. The second kappa shape index (κ2) is 9.92. The summed E-state index contributed by atoms with van der Waals surface area (Å²) in [5, 5.41) is 3.03. The SMILES string of the molecule is Cc1ccnc(C2(NC(=O)c3ccc(C)c(-c4ccc5oc(Cc6ccc(F)cc6)c(C(N)=O)c5c4F)c3)CC2)n1. The second-order valence-electron chi connectivity index (χ2n) is 10.5. The van der Waals surface area contributed by atoms with E-state index in [2.05, 4.69) is 15.3 Å². The van der Waals surface area contributed by atoms with E-state index in [-0.39, 0.29) is 40.2 Å². The highest BCUT2D eigenvalue weighted by molar-refractivity contribution is 6.08. The van der Waals surface area contributed by atoms with Gasteiger partial charge < -0.3 is 15.5 Å². The van der Waals surface area contributed by atoms with Crippen LogP contribution in [0, 0.1) is 25.5 Å². The minimum absolute atomic E-state index is 0.0325. The Morgan fingerprint density at radius 2 is 1.76 bits per heavy atom. The third-order valence-corrected chi connectivity index (χ3v) is 7.51. The quantitative estimate of drug-likeness (QED) is 0.261. The molecule has 9 heteroatoms. The summed E-state index contributed by atoms with van der Waals surface area (Å²) >= 11 is 0. The van der Waals surface area contributed by atoms with Crippen LogP contribution in [0.1, 0.15) is 62.0 Å². The normalized spacial score (nSPS) is 13.8. The van der Waals surface area contributed by atoms with E-state index in [1.165, 1.54) is 12.1 Å². The van der Waals surface area contributed by atoms with Crippen LogP contribution in [0.5, 0.6) is 0 Å². The predicted octanol–water partition coefficient (Wildman–Crippen LogP) is 5.89. The number of nitrogens with two attached hydrogens (primary N) is 1. The van der Waals surface area contributed by atoms with Crippen LogP contribution < -0.4 is 11.1 Å². The van der Waals surface area contributed by atoms with E-state index in [0.717, 1.165) is 24.1 Å². The predicted molar refractivity (Wildman–Crippen MR) is 149 cm³/mol. The fraction of sp³-hybridized carbons (Fsp3) is 0.188. The molecule has 0 saturated heterocycles. The van der Waals surface area contributed by atoms with Gasteiger partial charge in [0.25, 0.3) is 11.8 Å². The smallest absolute Gasteiger partial charge is 0.253 e. The molecule has 1 aliphatic rings. The summed E-state index contributed by atoms with van der Waals surface area (Å²) in [5.41, 5.74) is 8.43. The van der Waals surface area contributed by atoms with Crippen LogP contribution in [0.4, 0.5) is 8.78 Å². The molecule has 1 saturated carbocycles. The van der Waals surface area contributed by atoms with Gasteiger partial charge in [-0.3, -0.25) is 9.59 Å². The van der Waals surface area contributed by atoms with E-state index in [9.17, 15) is 14.0 Å². The van der Waals surface area contributed by atoms with E-state index in [1.54, 1.807) is 54.7 Å². The highest BCUT2D eigenvalue weighted by atomic mass is 19.1. The molecule has 41 heavy (non-hydrogen) atoms. The van der Waals surface area contributed by atoms with Crippen LogP contribution in [-0.4, -0.2) is 21.8 Å². The minimum atomic E-state index is -0.838. The van der Waals surface area contributed by atoms with Gasteiger partial charge in [0.15, 0.2) is 5.82 Å². The fourth-order valence-electron chi connectivity index (χ4n) is 5.13. The Bertz CT molecular complexity index is 1840. The van der Waals surface area contributed by atoms with Crippen LogP contribution >= 0.6 is 0 Å². The van der Waals surface area contributed by atoms with Gasteiger partial charge in [0.05, 0.1) is 10.9 Å². The van der Waals surface area contributed by atoms with Gasteiger partial charge in [0.2, 0.25) is 0 Å². The van der Waals surface area contributed by atoms with Gasteiger partial charge in [-0.05, 0) is 85.8 Å². The zero-order chi connectivity index (χ0) is 28.9. The molecule has 1 aliphatic carbocycles. The maximum atomic E-state index is 16.2. The lowest BCUT2D eigenvalue weighted by Gasteiger charge is -2.17. The lowest BCUT2D eigenvalue weighted by molar-refractivity contribution is 0.0927. The number of benzene rings is 3. The van der Waals surface area contributed by atoms with Crippen molar-refractivity contribution in [1.82, 2.24) is 15.3 Å². The Kier molecular flexibility index (Phi) is 6.37. The van der Waals surface area contributed by atoms with Crippen molar-refractivity contribution in [2.75, 3.05) is 0 Å². The van der Waals surface area contributed by atoms with Crippen molar-refractivity contribution >= 4 is 22.8 Å². The molecular formula is C32H26F2N4O3. The van der Waals surface area contributed by atoms with E-state index in [1.807, 2.05) is 13.8 Å². The van der Waals surface area contributed by atoms with Crippen LogP contribution in [0.3, 0.4) is 0 Å². The molecule has 0 atom stereocenters. The number of carbonyl (C=O) groups excluding carboxylic acids is 2. The lowest BCUT2D eigenvalue weighted by atomic mass is 9.95. The number of primary amides is 1. The molecule has 0 bridgehead atoms. The Morgan fingerprint density at radius 3 is 2.44 bits per heavy atom. The first-order chi connectivity index (χ1) is 19.6. The average Bonchev–Trinajstić information content (AvgIpc) is 3.62. The molecule has 5 aromatic rings. The van der Waals surface area contributed by atoms with Crippen LogP contribution in [0.25, 0.3) is 22.1 Å². The van der Waals surface area contributed by atoms with Crippen molar-refractivity contribution in [2.24, 2.45) is 5.73 Å². The van der Waals surface area contributed by atoms with Gasteiger partial charge in [0, 0.05) is 29.4 Å². The molecule has 2 aromatic heterocycles. The summed E-state index contributed by atoms with van der Waals surface area (Å²) in [7, 11) is 0. The summed E-state index contributed by atoms with van der Waals surface area (Å²) < 4.78 is 35.4. The molecule has 2 amide bonds. The summed E-state index contributed by atoms with van der Waals surface area (Å²) in [5.74, 6) is -1.48. The molecule has 3 aromatic carbocycles. The molecule has 2 heterocycles. The summed E-state index contributed by atoms with van der Waals surface area (Å²) in [6, 6.07) is 15.7. The molecule has 3 N–H and O–H groups in total. The molecule has 206 valence electrons. The minimum Gasteiger partial charge on any atom is -0.460 e. The second-order valence-corrected chi connectivity index (χ2v) is 10.5. The van der Waals surface area contributed by atoms with Crippen LogP contribution in [0.15, 0.2) is 71.3 Å². The third kappa shape index (κ3) is 4.84. The maximum absolute atomic E-state index is 16.2. The third-order valence-electron chi connectivity index (χ3n) is 7.51. The van der Waals surface area contributed by atoms with Crippen molar-refractivity contribution < 1.29 is 22.8 Å². The summed E-state index contributed by atoms with van der Waals surface area (Å²) in [4.78, 5) is 34.7. The highest BCUT2D eigenvalue weighted by Crippen LogP contribution is 2.44. The Morgan fingerprint density at radius 1 is 1.00 bits per heavy atom. The maximum Gasteiger partial charge on any atom is 0.253 e.